The first kappa shape index (κ1) is 25.0. The molecule has 39 heavy (non-hydrogen) atoms. The van der Waals surface area contributed by atoms with E-state index < -0.39 is 6.09 Å². The van der Waals surface area contributed by atoms with Crippen LogP contribution in [0, 0.1) is 5.92 Å². The molecule has 3 aliphatic rings. The number of hydrogen-bond donors (Lipinski definition) is 1. The summed E-state index contributed by atoms with van der Waals surface area (Å²) in [7, 11) is 0. The molecule has 0 radical (unpaired) electrons. The zero-order valence-corrected chi connectivity index (χ0v) is 21.7. The lowest BCUT2D eigenvalue weighted by atomic mass is 9.82. The molecule has 8 heteroatoms. The summed E-state index contributed by atoms with van der Waals surface area (Å²) in [4.78, 5) is 29.4. The fourth-order valence-corrected chi connectivity index (χ4v) is 5.92. The highest BCUT2D eigenvalue weighted by Gasteiger charge is 2.40. The van der Waals surface area contributed by atoms with Crippen LogP contribution >= 0.6 is 0 Å². The highest BCUT2D eigenvalue weighted by Crippen LogP contribution is 2.38. The molecule has 4 aromatic rings. The summed E-state index contributed by atoms with van der Waals surface area (Å²) >= 11 is 0. The normalized spacial score (nSPS) is 20.5. The van der Waals surface area contributed by atoms with Gasteiger partial charge < -0.3 is 10.0 Å². The lowest BCUT2D eigenvalue weighted by molar-refractivity contribution is 0.0838. The number of benzene rings is 3. The number of anilines is 1. The summed E-state index contributed by atoms with van der Waals surface area (Å²) in [6, 6.07) is 21.3. The maximum atomic E-state index is 12.8. The summed E-state index contributed by atoms with van der Waals surface area (Å²) in [5.41, 5.74) is 5.65. The summed E-state index contributed by atoms with van der Waals surface area (Å²) in [6.45, 7) is 3.49. The molecule has 1 atom stereocenters. The van der Waals surface area contributed by atoms with Gasteiger partial charge in [0.15, 0.2) is 0 Å². The van der Waals surface area contributed by atoms with E-state index in [-0.39, 0.29) is 6.04 Å². The van der Waals surface area contributed by atoms with Crippen LogP contribution in [0.1, 0.15) is 35.2 Å². The van der Waals surface area contributed by atoms with E-state index in [1.54, 1.807) is 27.9 Å². The standard InChI is InChI=1S/C31H31N5O3/c37-21-23-10-12-27-28(18-23)33-35(32-27)15-5-4-6-22-9-11-26(24-7-2-1-3-8-24)29(19-22)36(31(38)39)30-20-34-16-13-25(30)14-17-34/h1-4,6-12,18-19,21,25,30H,5,13-17,20H2,(H,38,39)/b6-4+/t30-/m0/s1. The van der Waals surface area contributed by atoms with Gasteiger partial charge >= 0.3 is 6.09 Å². The third kappa shape index (κ3) is 5.20. The molecule has 0 unspecified atom stereocenters. The van der Waals surface area contributed by atoms with E-state index in [1.165, 1.54) is 0 Å². The first-order valence-electron chi connectivity index (χ1n) is 13.5. The van der Waals surface area contributed by atoms with Crippen LogP contribution in [0.3, 0.4) is 0 Å². The van der Waals surface area contributed by atoms with Crippen LogP contribution in [0.4, 0.5) is 10.5 Å². The summed E-state index contributed by atoms with van der Waals surface area (Å²) in [5, 5.41) is 19.4. The third-order valence-electron chi connectivity index (χ3n) is 7.91. The maximum absolute atomic E-state index is 12.8. The third-order valence-corrected chi connectivity index (χ3v) is 7.91. The van der Waals surface area contributed by atoms with Gasteiger partial charge in [0.05, 0.1) is 18.3 Å². The Bertz CT molecular complexity index is 1520. The number of carbonyl (C=O) groups is 2. The fourth-order valence-electron chi connectivity index (χ4n) is 5.92. The van der Waals surface area contributed by atoms with E-state index in [4.69, 9.17) is 0 Å². The zero-order chi connectivity index (χ0) is 26.8. The van der Waals surface area contributed by atoms with Gasteiger partial charge in [0.25, 0.3) is 0 Å². The van der Waals surface area contributed by atoms with Crippen molar-refractivity contribution in [1.29, 1.82) is 0 Å². The van der Waals surface area contributed by atoms with Gasteiger partial charge in [-0.05, 0) is 73.7 Å². The molecule has 1 N–H and O–H groups in total. The molecular formula is C31H31N5O3. The molecule has 3 saturated heterocycles. The molecule has 3 aliphatic heterocycles. The number of amides is 1. The van der Waals surface area contributed by atoms with Gasteiger partial charge in [-0.15, -0.1) is 0 Å². The van der Waals surface area contributed by atoms with E-state index in [9.17, 15) is 14.7 Å². The van der Waals surface area contributed by atoms with E-state index in [0.29, 0.717) is 30.0 Å². The molecule has 2 bridgehead atoms. The Morgan fingerprint density at radius 3 is 2.46 bits per heavy atom. The van der Waals surface area contributed by atoms with Gasteiger partial charge in [-0.3, -0.25) is 9.69 Å². The predicted molar refractivity (Wildman–Crippen MR) is 152 cm³/mol. The van der Waals surface area contributed by atoms with Gasteiger partial charge in [0, 0.05) is 17.7 Å². The van der Waals surface area contributed by atoms with Crippen LogP contribution in [0.2, 0.25) is 0 Å². The number of fused-ring (bicyclic) bond motifs is 4. The molecule has 1 aromatic heterocycles. The summed E-state index contributed by atoms with van der Waals surface area (Å²) in [5.74, 6) is 0.383. The lowest BCUT2D eigenvalue weighted by Crippen LogP contribution is -2.59. The van der Waals surface area contributed by atoms with E-state index in [2.05, 4.69) is 21.2 Å². The van der Waals surface area contributed by atoms with Crippen molar-refractivity contribution in [1.82, 2.24) is 19.9 Å². The topological polar surface area (TPSA) is 91.6 Å². The van der Waals surface area contributed by atoms with Crippen LogP contribution in [-0.2, 0) is 6.54 Å². The molecule has 8 nitrogen and oxygen atoms in total. The lowest BCUT2D eigenvalue weighted by Gasteiger charge is -2.48. The van der Waals surface area contributed by atoms with E-state index in [0.717, 1.165) is 66.7 Å². The van der Waals surface area contributed by atoms with Crippen molar-refractivity contribution in [3.05, 3.63) is 83.9 Å². The molecule has 1 amide bonds. The molecule has 4 heterocycles. The average Bonchev–Trinajstić information content (AvgIpc) is 3.38. The predicted octanol–water partition coefficient (Wildman–Crippen LogP) is 5.59. The van der Waals surface area contributed by atoms with Gasteiger partial charge in [0.1, 0.15) is 17.3 Å². The Hall–Kier alpha value is -4.30. The highest BCUT2D eigenvalue weighted by atomic mass is 16.4. The van der Waals surface area contributed by atoms with Crippen molar-refractivity contribution in [3.63, 3.8) is 0 Å². The molecule has 0 aliphatic carbocycles. The van der Waals surface area contributed by atoms with Crippen LogP contribution in [-0.4, -0.2) is 63.1 Å². The first-order chi connectivity index (χ1) is 19.1. The second kappa shape index (κ2) is 10.8. The average molecular weight is 522 g/mol. The Kier molecular flexibility index (Phi) is 6.94. The largest absolute Gasteiger partial charge is 0.465 e. The first-order valence-corrected chi connectivity index (χ1v) is 13.5. The van der Waals surface area contributed by atoms with Crippen molar-refractivity contribution in [3.8, 4) is 11.1 Å². The highest BCUT2D eigenvalue weighted by molar-refractivity contribution is 5.94. The van der Waals surface area contributed by atoms with Gasteiger partial charge in [-0.1, -0.05) is 54.6 Å². The molecule has 0 spiro atoms. The van der Waals surface area contributed by atoms with Crippen LogP contribution < -0.4 is 4.90 Å². The molecule has 0 saturated carbocycles. The molecule has 3 aromatic carbocycles. The monoisotopic (exact) mass is 521 g/mol. The minimum atomic E-state index is -0.901. The maximum Gasteiger partial charge on any atom is 0.412 e. The molecular weight excluding hydrogens is 490 g/mol. The number of carbonyl (C=O) groups excluding carboxylic acids is 1. The van der Waals surface area contributed by atoms with Crippen molar-refractivity contribution < 1.29 is 14.7 Å². The molecule has 3 fully saturated rings. The second-order valence-electron chi connectivity index (χ2n) is 10.4. The summed E-state index contributed by atoms with van der Waals surface area (Å²) < 4.78 is 0. The van der Waals surface area contributed by atoms with Gasteiger partial charge in [-0.25, -0.2) is 4.79 Å². The van der Waals surface area contributed by atoms with Crippen molar-refractivity contribution in [2.45, 2.75) is 31.8 Å². The van der Waals surface area contributed by atoms with Gasteiger partial charge in [-0.2, -0.15) is 15.0 Å². The summed E-state index contributed by atoms with van der Waals surface area (Å²) in [6.07, 6.45) is 6.79. The SMILES string of the molecule is O=Cc1ccc2nn(CC/C=C/c3ccc(-c4ccccc4)c(N(C(=O)O)[C@H]4CN5CCC4CC5)c3)nc2c1. The number of aromatic nitrogens is 3. The fraction of sp³-hybridized carbons (Fsp3) is 0.290. The number of allylic oxidation sites excluding steroid dienone is 1. The van der Waals surface area contributed by atoms with Crippen LogP contribution in [0.15, 0.2) is 72.8 Å². The number of piperidine rings is 3. The minimum Gasteiger partial charge on any atom is -0.465 e. The Labute approximate surface area is 227 Å². The Balaban J connectivity index is 1.26. The zero-order valence-electron chi connectivity index (χ0n) is 21.7. The van der Waals surface area contributed by atoms with Crippen LogP contribution in [0.5, 0.6) is 0 Å². The number of nitrogens with zero attached hydrogens (tertiary/aromatic N) is 5. The minimum absolute atomic E-state index is 0.0496. The Morgan fingerprint density at radius 2 is 1.74 bits per heavy atom. The second-order valence-corrected chi connectivity index (χ2v) is 10.4. The molecule has 198 valence electrons. The smallest absolute Gasteiger partial charge is 0.412 e. The van der Waals surface area contributed by atoms with Crippen molar-refractivity contribution >= 4 is 35.2 Å². The number of rotatable bonds is 8. The molecule has 7 rings (SSSR count). The quantitative estimate of drug-likeness (QED) is 0.304. The number of hydrogen-bond acceptors (Lipinski definition) is 5. The number of aldehydes is 1. The van der Waals surface area contributed by atoms with Crippen molar-refractivity contribution in [2.24, 2.45) is 5.92 Å². The van der Waals surface area contributed by atoms with Crippen LogP contribution in [0.25, 0.3) is 28.2 Å². The van der Waals surface area contributed by atoms with E-state index in [1.807, 2.05) is 54.6 Å². The number of carboxylic acid groups (broad SMARTS) is 1. The Morgan fingerprint density at radius 1 is 0.974 bits per heavy atom. The number of aryl methyl sites for hydroxylation is 1. The van der Waals surface area contributed by atoms with Crippen molar-refractivity contribution in [2.75, 3.05) is 24.5 Å². The van der Waals surface area contributed by atoms with Gasteiger partial charge in [0.2, 0.25) is 0 Å². The van der Waals surface area contributed by atoms with E-state index >= 15 is 0 Å².